The van der Waals surface area contributed by atoms with Crippen LogP contribution in [0.4, 0.5) is 5.69 Å². The zero-order chi connectivity index (χ0) is 13.0. The number of nitrogens with one attached hydrogen (secondary N) is 1. The first-order valence-electron chi connectivity index (χ1n) is 6.38. The third-order valence-electron chi connectivity index (χ3n) is 3.35. The van der Waals surface area contributed by atoms with E-state index in [2.05, 4.69) is 35.3 Å². The van der Waals surface area contributed by atoms with E-state index in [1.54, 1.807) is 11.8 Å². The molecule has 0 spiro atoms. The van der Waals surface area contributed by atoms with Gasteiger partial charge in [-0.15, -0.1) is 11.8 Å². The second-order valence-corrected chi connectivity index (χ2v) is 5.72. The van der Waals surface area contributed by atoms with Gasteiger partial charge in [-0.2, -0.15) is 5.26 Å². The number of likely N-dealkylation sites (N-methyl/N-ethyl adjacent to an activating group) is 1. The lowest BCUT2D eigenvalue weighted by Crippen LogP contribution is -2.29. The van der Waals surface area contributed by atoms with Gasteiger partial charge in [-0.1, -0.05) is 13.0 Å². The fraction of sp³-hybridized carbons (Fsp3) is 0.500. The van der Waals surface area contributed by atoms with Crippen molar-refractivity contribution in [2.75, 3.05) is 30.8 Å². The standard InChI is InChI=1S/C14H19N3S/c1-3-18-14-6-4-5-13(12(14)9-15)17-8-7-11(10-17)16-2/h4-6,11,16H,3,7-8,10H2,1-2H3. The van der Waals surface area contributed by atoms with Gasteiger partial charge in [0.15, 0.2) is 0 Å². The molecule has 0 aliphatic carbocycles. The van der Waals surface area contributed by atoms with Crippen molar-refractivity contribution >= 4 is 17.4 Å². The Kier molecular flexibility index (Phi) is 4.51. The number of benzene rings is 1. The van der Waals surface area contributed by atoms with Crippen molar-refractivity contribution in [3.63, 3.8) is 0 Å². The van der Waals surface area contributed by atoms with E-state index in [1.165, 1.54) is 0 Å². The Morgan fingerprint density at radius 1 is 1.56 bits per heavy atom. The molecule has 1 saturated heterocycles. The van der Waals surface area contributed by atoms with Crippen molar-refractivity contribution in [1.29, 1.82) is 5.26 Å². The van der Waals surface area contributed by atoms with Crippen LogP contribution in [0.3, 0.4) is 0 Å². The first-order valence-corrected chi connectivity index (χ1v) is 7.36. The van der Waals surface area contributed by atoms with Crippen LogP contribution in [0, 0.1) is 11.3 Å². The van der Waals surface area contributed by atoms with Crippen molar-refractivity contribution < 1.29 is 0 Å². The lowest BCUT2D eigenvalue weighted by molar-refractivity contribution is 0.617. The van der Waals surface area contributed by atoms with Crippen LogP contribution in [0.25, 0.3) is 0 Å². The Morgan fingerprint density at radius 2 is 2.39 bits per heavy atom. The highest BCUT2D eigenvalue weighted by Crippen LogP contribution is 2.31. The average molecular weight is 261 g/mol. The zero-order valence-electron chi connectivity index (χ0n) is 10.9. The molecule has 1 fully saturated rings. The summed E-state index contributed by atoms with van der Waals surface area (Å²) in [6, 6.07) is 9.08. The SMILES string of the molecule is CCSc1cccc(N2CCC(NC)C2)c1C#N. The number of nitrogens with zero attached hydrogens (tertiary/aromatic N) is 2. The van der Waals surface area contributed by atoms with Gasteiger partial charge >= 0.3 is 0 Å². The fourth-order valence-electron chi connectivity index (χ4n) is 2.39. The van der Waals surface area contributed by atoms with Crippen LogP contribution in [0.15, 0.2) is 23.1 Å². The molecule has 1 aromatic rings. The van der Waals surface area contributed by atoms with Crippen LogP contribution < -0.4 is 10.2 Å². The summed E-state index contributed by atoms with van der Waals surface area (Å²) in [5, 5.41) is 12.7. The van der Waals surface area contributed by atoms with Crippen LogP contribution >= 0.6 is 11.8 Å². The van der Waals surface area contributed by atoms with Crippen LogP contribution in [0.1, 0.15) is 18.9 Å². The Labute approximate surface area is 113 Å². The topological polar surface area (TPSA) is 39.1 Å². The van der Waals surface area contributed by atoms with Crippen LogP contribution in [-0.4, -0.2) is 31.9 Å². The van der Waals surface area contributed by atoms with Crippen LogP contribution in [0.5, 0.6) is 0 Å². The molecule has 1 aromatic carbocycles. The third-order valence-corrected chi connectivity index (χ3v) is 4.29. The maximum Gasteiger partial charge on any atom is 0.103 e. The summed E-state index contributed by atoms with van der Waals surface area (Å²) < 4.78 is 0. The molecule has 4 heteroatoms. The highest BCUT2D eigenvalue weighted by molar-refractivity contribution is 7.99. The largest absolute Gasteiger partial charge is 0.369 e. The minimum atomic E-state index is 0.541. The summed E-state index contributed by atoms with van der Waals surface area (Å²) in [7, 11) is 2.00. The van der Waals surface area contributed by atoms with Crippen molar-refractivity contribution in [2.24, 2.45) is 0 Å². The van der Waals surface area contributed by atoms with Gasteiger partial charge in [0.25, 0.3) is 0 Å². The lowest BCUT2D eigenvalue weighted by Gasteiger charge is -2.21. The maximum absolute atomic E-state index is 9.40. The van der Waals surface area contributed by atoms with Crippen molar-refractivity contribution in [3.05, 3.63) is 23.8 Å². The number of thioether (sulfide) groups is 1. The summed E-state index contributed by atoms with van der Waals surface area (Å²) in [6.07, 6.45) is 1.15. The van der Waals surface area contributed by atoms with E-state index in [-0.39, 0.29) is 0 Å². The highest BCUT2D eigenvalue weighted by atomic mass is 32.2. The minimum absolute atomic E-state index is 0.541. The van der Waals surface area contributed by atoms with Gasteiger partial charge in [0.2, 0.25) is 0 Å². The second-order valence-electron chi connectivity index (χ2n) is 4.42. The smallest absolute Gasteiger partial charge is 0.103 e. The van der Waals surface area contributed by atoms with Crippen molar-refractivity contribution in [1.82, 2.24) is 5.32 Å². The van der Waals surface area contributed by atoms with Crippen LogP contribution in [0.2, 0.25) is 0 Å². The molecule has 1 aliphatic rings. The van der Waals surface area contributed by atoms with E-state index >= 15 is 0 Å². The monoisotopic (exact) mass is 261 g/mol. The molecule has 1 unspecified atom stereocenters. The van der Waals surface area contributed by atoms with Gasteiger partial charge in [0.1, 0.15) is 6.07 Å². The Bertz CT molecular complexity index is 453. The van der Waals surface area contributed by atoms with Crippen molar-refractivity contribution in [2.45, 2.75) is 24.3 Å². The number of anilines is 1. The third kappa shape index (κ3) is 2.63. The lowest BCUT2D eigenvalue weighted by atomic mass is 10.2. The Balaban J connectivity index is 2.28. The van der Waals surface area contributed by atoms with E-state index in [4.69, 9.17) is 0 Å². The summed E-state index contributed by atoms with van der Waals surface area (Å²) in [5.74, 6) is 0.997. The van der Waals surface area contributed by atoms with E-state index in [0.29, 0.717) is 6.04 Å². The van der Waals surface area contributed by atoms with Gasteiger partial charge in [0.05, 0.1) is 11.3 Å². The molecule has 1 heterocycles. The molecule has 1 N–H and O–H groups in total. The number of rotatable bonds is 4. The van der Waals surface area contributed by atoms with Gasteiger partial charge in [0, 0.05) is 24.0 Å². The molecule has 0 amide bonds. The molecule has 18 heavy (non-hydrogen) atoms. The number of hydrogen-bond donors (Lipinski definition) is 1. The van der Waals surface area contributed by atoms with Crippen LogP contribution in [-0.2, 0) is 0 Å². The molecule has 96 valence electrons. The zero-order valence-corrected chi connectivity index (χ0v) is 11.8. The molecule has 0 aromatic heterocycles. The molecular weight excluding hydrogens is 242 g/mol. The molecule has 2 rings (SSSR count). The summed E-state index contributed by atoms with van der Waals surface area (Å²) in [6.45, 7) is 4.14. The number of hydrogen-bond acceptors (Lipinski definition) is 4. The second kappa shape index (κ2) is 6.12. The predicted molar refractivity (Wildman–Crippen MR) is 77.2 cm³/mol. The van der Waals surface area contributed by atoms with E-state index in [9.17, 15) is 5.26 Å². The molecule has 1 atom stereocenters. The quantitative estimate of drug-likeness (QED) is 0.845. The number of nitriles is 1. The average Bonchev–Trinajstić information content (AvgIpc) is 2.87. The molecule has 0 saturated carbocycles. The molecule has 0 radical (unpaired) electrons. The molecule has 3 nitrogen and oxygen atoms in total. The first kappa shape index (κ1) is 13.3. The van der Waals surface area contributed by atoms with Gasteiger partial charge in [-0.3, -0.25) is 0 Å². The maximum atomic E-state index is 9.40. The van der Waals surface area contributed by atoms with E-state index < -0.39 is 0 Å². The van der Waals surface area contributed by atoms with Crippen molar-refractivity contribution in [3.8, 4) is 6.07 Å². The molecular formula is C14H19N3S. The molecule has 0 bridgehead atoms. The summed E-state index contributed by atoms with van der Waals surface area (Å²) in [4.78, 5) is 3.42. The Hall–Kier alpha value is -1.18. The normalized spacial score (nSPS) is 18.9. The fourth-order valence-corrected chi connectivity index (χ4v) is 3.17. The minimum Gasteiger partial charge on any atom is -0.369 e. The summed E-state index contributed by atoms with van der Waals surface area (Å²) in [5.41, 5.74) is 1.93. The van der Waals surface area contributed by atoms with Gasteiger partial charge in [-0.05, 0) is 31.4 Å². The molecule has 1 aliphatic heterocycles. The van der Waals surface area contributed by atoms with E-state index in [1.807, 2.05) is 13.1 Å². The van der Waals surface area contributed by atoms with Gasteiger partial charge in [-0.25, -0.2) is 0 Å². The van der Waals surface area contributed by atoms with E-state index in [0.717, 1.165) is 41.4 Å². The first-order chi connectivity index (χ1) is 8.80. The summed E-state index contributed by atoms with van der Waals surface area (Å²) >= 11 is 1.74. The Morgan fingerprint density at radius 3 is 3.00 bits per heavy atom. The van der Waals surface area contributed by atoms with Gasteiger partial charge < -0.3 is 10.2 Å². The predicted octanol–water partition coefficient (Wildman–Crippen LogP) is 2.47. The highest BCUT2D eigenvalue weighted by Gasteiger charge is 2.23.